The minimum atomic E-state index is -0.263. The second-order valence-corrected chi connectivity index (χ2v) is 8.82. The summed E-state index contributed by atoms with van der Waals surface area (Å²) >= 11 is 0. The Morgan fingerprint density at radius 2 is 1.76 bits per heavy atom. The smallest absolute Gasteiger partial charge is 0.312 e. The van der Waals surface area contributed by atoms with Gasteiger partial charge < -0.3 is 19.9 Å². The van der Waals surface area contributed by atoms with Crippen molar-refractivity contribution < 1.29 is 19.1 Å². The van der Waals surface area contributed by atoms with Gasteiger partial charge in [0.15, 0.2) is 0 Å². The van der Waals surface area contributed by atoms with Gasteiger partial charge in [0.2, 0.25) is 5.91 Å². The molecule has 2 atom stereocenters. The number of nitrogens with one attached hydrogen (secondary N) is 1. The van der Waals surface area contributed by atoms with Crippen LogP contribution in [0.4, 0.5) is 5.69 Å². The number of rotatable bonds is 6. The minimum Gasteiger partial charge on any atom is -0.469 e. The van der Waals surface area contributed by atoms with E-state index in [0.717, 1.165) is 23.2 Å². The van der Waals surface area contributed by atoms with E-state index < -0.39 is 0 Å². The molecule has 0 aliphatic carbocycles. The van der Waals surface area contributed by atoms with Gasteiger partial charge >= 0.3 is 5.97 Å². The Hall–Kier alpha value is -3.19. The molecule has 0 unspecified atom stereocenters. The molecule has 0 radical (unpaired) electrons. The number of likely N-dealkylation sites (tertiary alicyclic amines) is 1. The lowest BCUT2D eigenvalue weighted by molar-refractivity contribution is -0.149. The van der Waals surface area contributed by atoms with Gasteiger partial charge in [-0.3, -0.25) is 14.4 Å². The number of carbonyl (C=O) groups excluding carboxylic acids is 3. The monoisotopic (exact) mass is 449 g/mol. The summed E-state index contributed by atoms with van der Waals surface area (Å²) in [7, 11) is 1.37. The zero-order valence-corrected chi connectivity index (χ0v) is 19.4. The molecule has 2 aromatic rings. The summed E-state index contributed by atoms with van der Waals surface area (Å²) in [6.45, 7) is 5.47. The summed E-state index contributed by atoms with van der Waals surface area (Å²) in [5, 5.41) is 3.64. The molecule has 0 bridgehead atoms. The first-order valence-corrected chi connectivity index (χ1v) is 11.5. The van der Waals surface area contributed by atoms with Gasteiger partial charge in [0.1, 0.15) is 0 Å². The highest BCUT2D eigenvalue weighted by Gasteiger charge is 2.37. The molecule has 0 aromatic heterocycles. The van der Waals surface area contributed by atoms with Crippen LogP contribution in [0.25, 0.3) is 0 Å². The molecule has 4 rings (SSSR count). The highest BCUT2D eigenvalue weighted by atomic mass is 16.5. The van der Waals surface area contributed by atoms with Crippen LogP contribution in [0, 0.1) is 5.92 Å². The van der Waals surface area contributed by atoms with E-state index in [0.29, 0.717) is 31.6 Å². The summed E-state index contributed by atoms with van der Waals surface area (Å²) in [5.41, 5.74) is 3.83. The molecule has 7 nitrogen and oxygen atoms in total. The number of hydrogen-bond donors (Lipinski definition) is 1. The van der Waals surface area contributed by atoms with Gasteiger partial charge in [0, 0.05) is 49.4 Å². The summed E-state index contributed by atoms with van der Waals surface area (Å²) in [6.07, 6.45) is 1.33. The number of hydrogen-bond acceptors (Lipinski definition) is 5. The van der Waals surface area contributed by atoms with Crippen LogP contribution in [0.3, 0.4) is 0 Å². The molecule has 0 saturated carbocycles. The molecule has 2 heterocycles. The first kappa shape index (κ1) is 23.0. The predicted octanol–water partition coefficient (Wildman–Crippen LogP) is 3.30. The molecule has 1 fully saturated rings. The molecule has 2 aromatic carbocycles. The number of anilines is 1. The maximum absolute atomic E-state index is 12.6. The Bertz CT molecular complexity index is 1030. The van der Waals surface area contributed by atoms with Crippen LogP contribution in [-0.4, -0.2) is 48.9 Å². The number of amides is 2. The van der Waals surface area contributed by atoms with E-state index in [1.807, 2.05) is 54.3 Å². The van der Waals surface area contributed by atoms with E-state index in [1.165, 1.54) is 7.11 Å². The van der Waals surface area contributed by atoms with E-state index in [-0.39, 0.29) is 35.8 Å². The fraction of sp³-hybridized carbons (Fsp3) is 0.423. The molecular formula is C26H31N3O4. The molecule has 1 N–H and O–H groups in total. The Balaban J connectivity index is 1.38. The van der Waals surface area contributed by atoms with E-state index in [9.17, 15) is 14.4 Å². The Labute approximate surface area is 194 Å². The molecule has 2 amide bonds. The first-order valence-electron chi connectivity index (χ1n) is 11.5. The van der Waals surface area contributed by atoms with Gasteiger partial charge in [-0.1, -0.05) is 37.3 Å². The maximum Gasteiger partial charge on any atom is 0.312 e. The van der Waals surface area contributed by atoms with Crippen molar-refractivity contribution in [3.63, 3.8) is 0 Å². The van der Waals surface area contributed by atoms with Crippen molar-refractivity contribution in [1.82, 2.24) is 10.2 Å². The van der Waals surface area contributed by atoms with Gasteiger partial charge in [-0.15, -0.1) is 0 Å². The quantitative estimate of drug-likeness (QED) is 0.685. The Morgan fingerprint density at radius 3 is 2.42 bits per heavy atom. The van der Waals surface area contributed by atoms with Crippen molar-refractivity contribution >= 4 is 23.5 Å². The summed E-state index contributed by atoms with van der Waals surface area (Å²) in [4.78, 5) is 40.2. The van der Waals surface area contributed by atoms with E-state index in [1.54, 1.807) is 4.90 Å². The second-order valence-electron chi connectivity index (χ2n) is 8.82. The molecule has 174 valence electrons. The number of para-hydroxylation sites is 1. The standard InChI is InChI=1S/C26H31N3O4/c1-4-24(30)29-17(2)13-22(21-7-5-6-8-23(21)29)27-14-18-9-11-19(12-10-18)25(31)28-15-20(16-28)26(32)33-3/h5-12,17,20,22,27H,4,13-16H2,1-3H3/t17-,22+/m0/s1. The maximum atomic E-state index is 12.6. The molecule has 0 spiro atoms. The number of esters is 1. The SMILES string of the molecule is CCC(=O)N1c2ccccc2[C@H](NCc2ccc(C(=O)N3CC(C(=O)OC)C3)cc2)C[C@@H]1C. The van der Waals surface area contributed by atoms with Crippen LogP contribution in [-0.2, 0) is 20.9 Å². The van der Waals surface area contributed by atoms with E-state index in [2.05, 4.69) is 18.3 Å². The fourth-order valence-electron chi connectivity index (χ4n) is 4.71. The van der Waals surface area contributed by atoms with Gasteiger partial charge in [-0.05, 0) is 42.7 Å². The van der Waals surface area contributed by atoms with E-state index in [4.69, 9.17) is 4.74 Å². The van der Waals surface area contributed by atoms with Crippen molar-refractivity contribution in [3.05, 3.63) is 65.2 Å². The topological polar surface area (TPSA) is 79.0 Å². The fourth-order valence-corrected chi connectivity index (χ4v) is 4.71. The van der Waals surface area contributed by atoms with Crippen LogP contribution in [0.5, 0.6) is 0 Å². The Kier molecular flexibility index (Phi) is 6.79. The zero-order valence-electron chi connectivity index (χ0n) is 19.4. The van der Waals surface area contributed by atoms with Crippen LogP contribution in [0.15, 0.2) is 48.5 Å². The highest BCUT2D eigenvalue weighted by Crippen LogP contribution is 2.37. The number of carbonyl (C=O) groups is 3. The average molecular weight is 450 g/mol. The van der Waals surface area contributed by atoms with Crippen LogP contribution in [0.2, 0.25) is 0 Å². The molecule has 7 heteroatoms. The third-order valence-electron chi connectivity index (χ3n) is 6.62. The zero-order chi connectivity index (χ0) is 23.5. The van der Waals surface area contributed by atoms with Crippen molar-refractivity contribution in [2.45, 2.75) is 45.3 Å². The lowest BCUT2D eigenvalue weighted by atomic mass is 9.91. The third kappa shape index (κ3) is 4.64. The van der Waals surface area contributed by atoms with Crippen LogP contribution < -0.4 is 10.2 Å². The number of methoxy groups -OCH3 is 1. The molecule has 1 saturated heterocycles. The number of nitrogens with zero attached hydrogens (tertiary/aromatic N) is 2. The molecule has 2 aliphatic rings. The minimum absolute atomic E-state index is 0.0645. The largest absolute Gasteiger partial charge is 0.469 e. The molecule has 2 aliphatic heterocycles. The van der Waals surface area contributed by atoms with Crippen molar-refractivity contribution in [1.29, 1.82) is 0 Å². The van der Waals surface area contributed by atoms with Gasteiger partial charge in [0.05, 0.1) is 13.0 Å². The van der Waals surface area contributed by atoms with Crippen molar-refractivity contribution in [2.75, 3.05) is 25.1 Å². The summed E-state index contributed by atoms with van der Waals surface area (Å²) in [5.74, 6) is -0.396. The van der Waals surface area contributed by atoms with Crippen molar-refractivity contribution in [2.24, 2.45) is 5.92 Å². The number of fused-ring (bicyclic) bond motifs is 1. The predicted molar refractivity (Wildman–Crippen MR) is 126 cm³/mol. The van der Waals surface area contributed by atoms with Crippen LogP contribution in [0.1, 0.15) is 54.2 Å². The van der Waals surface area contributed by atoms with Gasteiger partial charge in [-0.2, -0.15) is 0 Å². The lowest BCUT2D eigenvalue weighted by Crippen LogP contribution is -2.53. The second kappa shape index (κ2) is 9.75. The van der Waals surface area contributed by atoms with Gasteiger partial charge in [-0.25, -0.2) is 0 Å². The Morgan fingerprint density at radius 1 is 1.06 bits per heavy atom. The number of ether oxygens (including phenoxy) is 1. The normalized spacial score (nSPS) is 20.1. The third-order valence-corrected chi connectivity index (χ3v) is 6.62. The molecule has 33 heavy (non-hydrogen) atoms. The number of benzene rings is 2. The highest BCUT2D eigenvalue weighted by molar-refractivity contribution is 5.96. The lowest BCUT2D eigenvalue weighted by Gasteiger charge is -2.39. The van der Waals surface area contributed by atoms with Crippen LogP contribution >= 0.6 is 0 Å². The first-order chi connectivity index (χ1) is 15.9. The van der Waals surface area contributed by atoms with E-state index >= 15 is 0 Å². The van der Waals surface area contributed by atoms with Gasteiger partial charge in [0.25, 0.3) is 5.91 Å². The summed E-state index contributed by atoms with van der Waals surface area (Å²) in [6, 6.07) is 16.0. The van der Waals surface area contributed by atoms with Crippen molar-refractivity contribution in [3.8, 4) is 0 Å². The summed E-state index contributed by atoms with van der Waals surface area (Å²) < 4.78 is 4.73. The average Bonchev–Trinajstić information content (AvgIpc) is 2.81. The molecular weight excluding hydrogens is 418 g/mol.